The molecule has 1 aliphatic heterocycles. The molecule has 0 aliphatic carbocycles. The molecule has 1 saturated heterocycles. The zero-order valence-electron chi connectivity index (χ0n) is 19.7. The molecule has 3 heterocycles. The summed E-state index contributed by atoms with van der Waals surface area (Å²) >= 11 is 2.42. The van der Waals surface area contributed by atoms with Gasteiger partial charge in [0.2, 0.25) is 5.78 Å². The number of nitrogens with one attached hydrogen (secondary N) is 1. The van der Waals surface area contributed by atoms with Crippen LogP contribution in [0.2, 0.25) is 0 Å². The third kappa shape index (κ3) is 7.08. The first-order valence-corrected chi connectivity index (χ1v) is 12.4. The van der Waals surface area contributed by atoms with E-state index in [9.17, 15) is 24.0 Å². The lowest BCUT2D eigenvalue weighted by Gasteiger charge is -2.44. The fourth-order valence-corrected chi connectivity index (χ4v) is 4.89. The second-order valence-corrected chi connectivity index (χ2v) is 9.45. The molecule has 3 rings (SSSR count). The minimum absolute atomic E-state index is 0.219. The van der Waals surface area contributed by atoms with E-state index in [4.69, 9.17) is 23.7 Å². The summed E-state index contributed by atoms with van der Waals surface area (Å²) in [6.45, 7) is 4.26. The molecule has 1 aliphatic rings. The molecule has 0 amide bonds. The van der Waals surface area contributed by atoms with Crippen molar-refractivity contribution in [1.82, 2.24) is 4.98 Å². The van der Waals surface area contributed by atoms with Crippen LogP contribution in [-0.2, 0) is 42.9 Å². The molecule has 0 aromatic carbocycles. The predicted octanol–water partition coefficient (Wildman–Crippen LogP) is 1.93. The Kier molecular flexibility index (Phi) is 9.12. The minimum Gasteiger partial charge on any atom is -0.463 e. The lowest BCUT2D eigenvalue weighted by Crippen LogP contribution is -2.64. The zero-order valence-corrected chi connectivity index (χ0v) is 21.4. The van der Waals surface area contributed by atoms with E-state index in [1.807, 2.05) is 0 Å². The number of rotatable bonds is 9. The van der Waals surface area contributed by atoms with E-state index in [1.54, 1.807) is 16.8 Å². The van der Waals surface area contributed by atoms with Gasteiger partial charge in [-0.1, -0.05) is 11.3 Å². The van der Waals surface area contributed by atoms with E-state index < -0.39 is 54.5 Å². The highest BCUT2D eigenvalue weighted by molar-refractivity contribution is 7.17. The first-order valence-electron chi connectivity index (χ1n) is 10.6. The van der Waals surface area contributed by atoms with Gasteiger partial charge in [-0.15, -0.1) is 0 Å². The van der Waals surface area contributed by atoms with Gasteiger partial charge in [-0.05, 0) is 11.4 Å². The van der Waals surface area contributed by atoms with Crippen LogP contribution in [0, 0.1) is 0 Å². The normalized spacial score (nSPS) is 23.3. The number of ether oxygens (including phenoxy) is 5. The second kappa shape index (κ2) is 12.1. The quantitative estimate of drug-likeness (QED) is 0.280. The van der Waals surface area contributed by atoms with E-state index >= 15 is 0 Å². The highest BCUT2D eigenvalue weighted by atomic mass is 32.1. The Labute approximate surface area is 213 Å². The number of carbonyl (C=O) groups is 5. The van der Waals surface area contributed by atoms with Crippen molar-refractivity contribution in [2.24, 2.45) is 0 Å². The van der Waals surface area contributed by atoms with Gasteiger partial charge in [0, 0.05) is 38.6 Å². The summed E-state index contributed by atoms with van der Waals surface area (Å²) in [4.78, 5) is 64.2. The Bertz CT molecular complexity index is 1120. The fraction of sp³-hybridized carbons (Fsp3) is 0.455. The van der Waals surface area contributed by atoms with Gasteiger partial charge in [-0.3, -0.25) is 24.0 Å². The number of esters is 4. The molecule has 2 aromatic heterocycles. The summed E-state index contributed by atoms with van der Waals surface area (Å²) < 4.78 is 27.1. The van der Waals surface area contributed by atoms with Gasteiger partial charge >= 0.3 is 23.9 Å². The van der Waals surface area contributed by atoms with Crippen LogP contribution in [0.15, 0.2) is 23.0 Å². The van der Waals surface area contributed by atoms with Crippen molar-refractivity contribution in [3.63, 3.8) is 0 Å². The standard InChI is InChI=1S/C22H24N2O10S2/c1-10(25)30-8-15-18(31-11(2)26)19(32-12(3)27)20(33-13(4)28)21(34-15)24-22-23-7-16(36-22)17(29)14-5-6-35-9-14/h5-7,9,15,18-21H,8H2,1-4H3,(H,23,24)/t15?,18-,19?,20-,21+/m1/s1. The number of thiophene rings is 1. The number of thiazole rings is 1. The van der Waals surface area contributed by atoms with Crippen molar-refractivity contribution in [1.29, 1.82) is 0 Å². The summed E-state index contributed by atoms with van der Waals surface area (Å²) in [5, 5.41) is 6.68. The zero-order chi connectivity index (χ0) is 26.4. The fourth-order valence-electron chi connectivity index (χ4n) is 3.45. The molecule has 1 N–H and O–H groups in total. The monoisotopic (exact) mass is 540 g/mol. The Morgan fingerprint density at radius 3 is 2.17 bits per heavy atom. The van der Waals surface area contributed by atoms with Gasteiger partial charge in [0.25, 0.3) is 0 Å². The summed E-state index contributed by atoms with van der Waals surface area (Å²) in [6, 6.07) is 1.69. The lowest BCUT2D eigenvalue weighted by molar-refractivity contribution is -0.247. The summed E-state index contributed by atoms with van der Waals surface area (Å²) in [7, 11) is 0. The summed E-state index contributed by atoms with van der Waals surface area (Å²) in [5.74, 6) is -3.02. The molecule has 12 nitrogen and oxygen atoms in total. The summed E-state index contributed by atoms with van der Waals surface area (Å²) in [5.41, 5.74) is 0.516. The molecule has 0 radical (unpaired) electrons. The Balaban J connectivity index is 1.92. The first kappa shape index (κ1) is 27.2. The van der Waals surface area contributed by atoms with Crippen LogP contribution in [0.1, 0.15) is 42.9 Å². The van der Waals surface area contributed by atoms with E-state index in [0.717, 1.165) is 32.1 Å². The number of ketones is 1. The topological polar surface area (TPSA) is 156 Å². The van der Waals surface area contributed by atoms with Gasteiger partial charge < -0.3 is 29.0 Å². The van der Waals surface area contributed by atoms with Crippen molar-refractivity contribution in [2.45, 2.75) is 58.3 Å². The minimum atomic E-state index is -1.31. The molecule has 0 saturated carbocycles. The number of anilines is 1. The van der Waals surface area contributed by atoms with Gasteiger partial charge in [0.05, 0.1) is 11.1 Å². The van der Waals surface area contributed by atoms with Crippen LogP contribution >= 0.6 is 22.7 Å². The van der Waals surface area contributed by atoms with Crippen LogP contribution < -0.4 is 5.32 Å². The maximum Gasteiger partial charge on any atom is 0.303 e. The highest BCUT2D eigenvalue weighted by Crippen LogP contribution is 2.31. The number of aromatic nitrogens is 1. The maximum atomic E-state index is 12.6. The van der Waals surface area contributed by atoms with Crippen molar-refractivity contribution < 1.29 is 47.7 Å². The number of nitrogens with zero attached hydrogens (tertiary/aromatic N) is 1. The molecule has 194 valence electrons. The van der Waals surface area contributed by atoms with Crippen molar-refractivity contribution >= 4 is 57.5 Å². The number of carbonyl (C=O) groups excluding carboxylic acids is 5. The van der Waals surface area contributed by atoms with Crippen LogP contribution in [-0.4, -0.2) is 71.9 Å². The van der Waals surface area contributed by atoms with Gasteiger partial charge in [-0.25, -0.2) is 4.98 Å². The number of hydrogen-bond acceptors (Lipinski definition) is 14. The summed E-state index contributed by atoms with van der Waals surface area (Å²) in [6.07, 6.45) is -4.75. The van der Waals surface area contributed by atoms with Gasteiger partial charge in [-0.2, -0.15) is 11.3 Å². The second-order valence-electron chi connectivity index (χ2n) is 7.64. The molecular formula is C22H24N2O10S2. The third-order valence-electron chi connectivity index (χ3n) is 4.77. The van der Waals surface area contributed by atoms with Crippen LogP contribution in [0.4, 0.5) is 5.13 Å². The largest absolute Gasteiger partial charge is 0.463 e. The molecule has 2 aromatic rings. The van der Waals surface area contributed by atoms with E-state index in [2.05, 4.69) is 10.3 Å². The van der Waals surface area contributed by atoms with Gasteiger partial charge in [0.15, 0.2) is 29.7 Å². The van der Waals surface area contributed by atoms with E-state index in [0.29, 0.717) is 10.4 Å². The molecular weight excluding hydrogens is 516 g/mol. The Morgan fingerprint density at radius 1 is 0.944 bits per heavy atom. The molecule has 0 spiro atoms. The Morgan fingerprint density at radius 2 is 1.58 bits per heavy atom. The smallest absolute Gasteiger partial charge is 0.303 e. The van der Waals surface area contributed by atoms with Crippen LogP contribution in [0.3, 0.4) is 0 Å². The Hall–Kier alpha value is -3.36. The van der Waals surface area contributed by atoms with Gasteiger partial charge in [0.1, 0.15) is 12.7 Å². The molecule has 36 heavy (non-hydrogen) atoms. The third-order valence-corrected chi connectivity index (χ3v) is 6.38. The molecule has 2 unspecified atom stereocenters. The predicted molar refractivity (Wildman–Crippen MR) is 125 cm³/mol. The SMILES string of the molecule is CC(=O)OCC1O[C@H](Nc2ncc(C(=O)c3ccsc3)s2)[C@H](OC(C)=O)C(OC(C)=O)[C@@H]1OC(C)=O. The molecule has 5 atom stereocenters. The van der Waals surface area contributed by atoms with Crippen LogP contribution in [0.5, 0.6) is 0 Å². The average Bonchev–Trinajstić information content (AvgIpc) is 3.47. The molecule has 1 fully saturated rings. The van der Waals surface area contributed by atoms with Crippen LogP contribution in [0.25, 0.3) is 0 Å². The molecule has 0 bridgehead atoms. The maximum absolute atomic E-state index is 12.6. The first-order chi connectivity index (χ1) is 17.0. The lowest BCUT2D eigenvalue weighted by atomic mass is 9.97. The van der Waals surface area contributed by atoms with E-state index in [-0.39, 0.29) is 17.5 Å². The van der Waals surface area contributed by atoms with Crippen molar-refractivity contribution in [2.75, 3.05) is 11.9 Å². The van der Waals surface area contributed by atoms with Crippen molar-refractivity contribution in [3.8, 4) is 0 Å². The van der Waals surface area contributed by atoms with E-state index in [1.165, 1.54) is 24.5 Å². The highest BCUT2D eigenvalue weighted by Gasteiger charge is 2.52. The average molecular weight is 541 g/mol. The van der Waals surface area contributed by atoms with Crippen molar-refractivity contribution in [3.05, 3.63) is 33.5 Å². The molecule has 14 heteroatoms. The number of hydrogen-bond donors (Lipinski definition) is 1.